The molecule has 1 rings (SSSR count). The van der Waals surface area contributed by atoms with Crippen molar-refractivity contribution < 1.29 is 34.3 Å². The van der Waals surface area contributed by atoms with Gasteiger partial charge in [0.15, 0.2) is 0 Å². The highest BCUT2D eigenvalue weighted by atomic mass is 32.2. The lowest BCUT2D eigenvalue weighted by atomic mass is 10.1. The van der Waals surface area contributed by atoms with Crippen LogP contribution in [0, 0.1) is 0 Å². The van der Waals surface area contributed by atoms with Crippen LogP contribution in [0.1, 0.15) is 31.2 Å². The van der Waals surface area contributed by atoms with E-state index in [2.05, 4.69) is 16.0 Å². The van der Waals surface area contributed by atoms with Crippen LogP contribution in [0.4, 0.5) is 9.59 Å². The highest BCUT2D eigenvalue weighted by molar-refractivity contribution is 7.98. The summed E-state index contributed by atoms with van der Waals surface area (Å²) in [4.78, 5) is 47.5. The molecule has 7 N–H and O–H groups in total. The highest BCUT2D eigenvalue weighted by Crippen LogP contribution is 2.04. The number of carbonyl (C=O) groups is 4. The molecule has 13 heteroatoms. The molecule has 0 aliphatic rings. The second-order valence-electron chi connectivity index (χ2n) is 6.94. The summed E-state index contributed by atoms with van der Waals surface area (Å²) in [6.45, 7) is 0.442. The van der Waals surface area contributed by atoms with Crippen LogP contribution in [0.5, 0.6) is 0 Å². The number of benzene rings is 1. The summed E-state index contributed by atoms with van der Waals surface area (Å²) in [7, 11) is 0. The quantitative estimate of drug-likeness (QED) is 0.115. The van der Waals surface area contributed by atoms with Gasteiger partial charge in [-0.3, -0.25) is 20.0 Å². The minimum atomic E-state index is -1.07. The number of carbonyl (C=O) groups excluding carboxylic acids is 4. The lowest BCUT2D eigenvalue weighted by Crippen LogP contribution is -2.54. The predicted octanol–water partition coefficient (Wildman–Crippen LogP) is 0.883. The summed E-state index contributed by atoms with van der Waals surface area (Å²) in [5.41, 5.74) is 3.84. The van der Waals surface area contributed by atoms with Crippen molar-refractivity contribution in [1.29, 1.82) is 0 Å². The smallest absolute Gasteiger partial charge is 0.407 e. The monoisotopic (exact) mass is 485 g/mol. The average Bonchev–Trinajstić information content (AvgIpc) is 2.83. The maximum Gasteiger partial charge on any atom is 0.407 e. The van der Waals surface area contributed by atoms with Gasteiger partial charge in [-0.2, -0.15) is 11.8 Å². The van der Waals surface area contributed by atoms with Crippen molar-refractivity contribution in [2.24, 2.45) is 0 Å². The molecule has 0 spiro atoms. The second kappa shape index (κ2) is 16.6. The van der Waals surface area contributed by atoms with Crippen molar-refractivity contribution in [3.05, 3.63) is 35.9 Å². The van der Waals surface area contributed by atoms with Crippen molar-refractivity contribution in [3.8, 4) is 0 Å². The number of alkyl carbamates (subject to hydrolysis) is 1. The van der Waals surface area contributed by atoms with Crippen LogP contribution >= 0.6 is 11.8 Å². The zero-order chi connectivity index (χ0) is 24.5. The zero-order valence-electron chi connectivity index (χ0n) is 18.3. The van der Waals surface area contributed by atoms with E-state index in [-0.39, 0.29) is 19.4 Å². The first-order valence-electron chi connectivity index (χ1n) is 10.3. The first-order chi connectivity index (χ1) is 15.9. The average molecular weight is 486 g/mol. The van der Waals surface area contributed by atoms with Gasteiger partial charge in [-0.1, -0.05) is 30.3 Å². The van der Waals surface area contributed by atoms with Gasteiger partial charge < -0.3 is 20.7 Å². The van der Waals surface area contributed by atoms with E-state index < -0.39 is 36.0 Å². The number of ether oxygens (including phenoxy) is 1. The minimum Gasteiger partial charge on any atom is -0.445 e. The maximum absolute atomic E-state index is 12.2. The Morgan fingerprint density at radius 2 is 1.55 bits per heavy atom. The van der Waals surface area contributed by atoms with Crippen LogP contribution in [-0.2, 0) is 20.9 Å². The Balaban J connectivity index is 2.38. The number of rotatable bonds is 14. The molecular weight excluding hydrogens is 454 g/mol. The third kappa shape index (κ3) is 12.0. The van der Waals surface area contributed by atoms with E-state index in [4.69, 9.17) is 15.2 Å². The van der Waals surface area contributed by atoms with Gasteiger partial charge in [-0.15, -0.1) is 0 Å². The first-order valence-corrected chi connectivity index (χ1v) is 11.7. The topological polar surface area (TPSA) is 178 Å². The Morgan fingerprint density at radius 1 is 0.939 bits per heavy atom. The summed E-state index contributed by atoms with van der Waals surface area (Å²) < 4.78 is 5.09. The number of hydrogen-bond donors (Lipinski definition) is 7. The van der Waals surface area contributed by atoms with Gasteiger partial charge >= 0.3 is 12.1 Å². The number of urea groups is 1. The van der Waals surface area contributed by atoms with Gasteiger partial charge in [-0.05, 0) is 43.3 Å². The van der Waals surface area contributed by atoms with Gasteiger partial charge in [-0.25, -0.2) is 20.5 Å². The fourth-order valence-electron chi connectivity index (χ4n) is 2.73. The van der Waals surface area contributed by atoms with Crippen LogP contribution in [0.25, 0.3) is 0 Å². The Labute approximate surface area is 196 Å². The Kier molecular flexibility index (Phi) is 14.1. The highest BCUT2D eigenvalue weighted by Gasteiger charge is 2.24. The molecule has 0 unspecified atom stereocenters. The molecule has 12 nitrogen and oxygen atoms in total. The molecule has 0 aliphatic heterocycles. The molecule has 0 fully saturated rings. The third-order valence-electron chi connectivity index (χ3n) is 4.48. The number of thioether (sulfide) groups is 1. The molecule has 2 atom stereocenters. The van der Waals surface area contributed by atoms with Gasteiger partial charge in [0.05, 0.1) is 0 Å². The molecule has 184 valence electrons. The summed E-state index contributed by atoms with van der Waals surface area (Å²) >= 11 is 1.46. The van der Waals surface area contributed by atoms with Crippen LogP contribution in [0.3, 0.4) is 0 Å². The molecule has 0 saturated carbocycles. The molecule has 0 aliphatic carbocycles. The molecule has 1 aromatic carbocycles. The molecule has 0 aromatic heterocycles. The number of hydroxylamine groups is 2. The van der Waals surface area contributed by atoms with Gasteiger partial charge in [0.2, 0.25) is 0 Å². The standard InChI is InChI=1S/C20H31N5O7S/c1-33-12-10-16(18(27)25-31)23-19(28)22-15(17(26)24-30)9-5-6-11-21-20(29)32-13-14-7-3-2-4-8-14/h2-4,7-8,15-16,30-31H,5-6,9-13H2,1H3,(H,21,29)(H,24,26)(H,25,27)(H2,22,23,28)/t15-,16-/m0/s1. The summed E-state index contributed by atoms with van der Waals surface area (Å²) in [6, 6.07) is 6.35. The van der Waals surface area contributed by atoms with Gasteiger partial charge in [0, 0.05) is 6.54 Å². The van der Waals surface area contributed by atoms with Gasteiger partial charge in [0.25, 0.3) is 11.8 Å². The van der Waals surface area contributed by atoms with E-state index in [0.29, 0.717) is 25.1 Å². The van der Waals surface area contributed by atoms with E-state index in [0.717, 1.165) is 5.56 Å². The van der Waals surface area contributed by atoms with Crippen LogP contribution in [0.15, 0.2) is 30.3 Å². The minimum absolute atomic E-state index is 0.149. The Morgan fingerprint density at radius 3 is 2.12 bits per heavy atom. The fraction of sp³-hybridized carbons (Fsp3) is 0.500. The van der Waals surface area contributed by atoms with Crippen LogP contribution in [0.2, 0.25) is 0 Å². The molecule has 5 amide bonds. The van der Waals surface area contributed by atoms with Crippen molar-refractivity contribution in [1.82, 2.24) is 26.9 Å². The normalized spacial score (nSPS) is 12.1. The lowest BCUT2D eigenvalue weighted by molar-refractivity contribution is -0.131. The SMILES string of the molecule is CSCC[C@H](NC(=O)N[C@@H](CCCCNC(=O)OCc1ccccc1)C(=O)NO)C(=O)NO. The predicted molar refractivity (Wildman–Crippen MR) is 121 cm³/mol. The molecule has 0 heterocycles. The molecular formula is C20H31N5O7S. The van der Waals surface area contributed by atoms with Crippen molar-refractivity contribution in [2.45, 2.75) is 44.4 Å². The van der Waals surface area contributed by atoms with Crippen LogP contribution in [-0.4, -0.2) is 65.0 Å². The summed E-state index contributed by atoms with van der Waals surface area (Å²) in [5, 5.41) is 25.1. The summed E-state index contributed by atoms with van der Waals surface area (Å²) in [5.74, 6) is -1.06. The van der Waals surface area contributed by atoms with Crippen molar-refractivity contribution in [2.75, 3.05) is 18.6 Å². The number of amides is 5. The third-order valence-corrected chi connectivity index (χ3v) is 5.12. The number of unbranched alkanes of at least 4 members (excludes halogenated alkanes) is 1. The first kappa shape index (κ1) is 28.0. The van der Waals surface area contributed by atoms with E-state index in [1.807, 2.05) is 36.6 Å². The molecule has 1 aromatic rings. The maximum atomic E-state index is 12.2. The Bertz CT molecular complexity index is 754. The number of hydrogen-bond acceptors (Lipinski definition) is 8. The van der Waals surface area contributed by atoms with Crippen LogP contribution < -0.4 is 26.9 Å². The Hall–Kier alpha value is -3.03. The molecule has 0 radical (unpaired) electrons. The summed E-state index contributed by atoms with van der Waals surface area (Å²) in [6.07, 6.45) is 2.62. The molecule has 0 bridgehead atoms. The zero-order valence-corrected chi connectivity index (χ0v) is 19.2. The van der Waals surface area contributed by atoms with Crippen molar-refractivity contribution in [3.63, 3.8) is 0 Å². The molecule has 0 saturated heterocycles. The molecule has 33 heavy (non-hydrogen) atoms. The largest absolute Gasteiger partial charge is 0.445 e. The number of nitrogens with one attached hydrogen (secondary N) is 5. The van der Waals surface area contributed by atoms with E-state index in [1.165, 1.54) is 22.7 Å². The van der Waals surface area contributed by atoms with E-state index in [9.17, 15) is 19.2 Å². The van der Waals surface area contributed by atoms with Gasteiger partial charge in [0.1, 0.15) is 18.7 Å². The lowest BCUT2D eigenvalue weighted by Gasteiger charge is -2.20. The fourth-order valence-corrected chi connectivity index (χ4v) is 3.20. The second-order valence-corrected chi connectivity index (χ2v) is 7.93. The van der Waals surface area contributed by atoms with Crippen molar-refractivity contribution >= 4 is 35.7 Å². The van der Waals surface area contributed by atoms with E-state index in [1.54, 1.807) is 0 Å². The van der Waals surface area contributed by atoms with E-state index >= 15 is 0 Å².